The van der Waals surface area contributed by atoms with Gasteiger partial charge in [0.15, 0.2) is 5.84 Å². The average molecular weight is 203 g/mol. The summed E-state index contributed by atoms with van der Waals surface area (Å²) in [7, 11) is 0. The van der Waals surface area contributed by atoms with Gasteiger partial charge in [-0.15, -0.1) is 0 Å². The highest BCUT2D eigenvalue weighted by Gasteiger charge is 2.22. The van der Waals surface area contributed by atoms with Gasteiger partial charge in [0.05, 0.1) is 6.04 Å². The number of nitrogens with two attached hydrogens (primary N) is 1. The summed E-state index contributed by atoms with van der Waals surface area (Å²) in [6.07, 6.45) is 1.37. The van der Waals surface area contributed by atoms with E-state index in [0.717, 1.165) is 6.42 Å². The van der Waals surface area contributed by atoms with Crippen LogP contribution in [0.2, 0.25) is 0 Å². The fourth-order valence-corrected chi connectivity index (χ4v) is 1.28. The van der Waals surface area contributed by atoms with Crippen LogP contribution in [-0.4, -0.2) is 34.3 Å². The third-order valence-corrected chi connectivity index (χ3v) is 2.18. The van der Waals surface area contributed by atoms with Gasteiger partial charge in [0.1, 0.15) is 0 Å². The maximum absolute atomic E-state index is 8.83. The lowest BCUT2D eigenvalue weighted by Crippen LogP contribution is -2.51. The van der Waals surface area contributed by atoms with Gasteiger partial charge in [0.25, 0.3) is 0 Å². The lowest BCUT2D eigenvalue weighted by Gasteiger charge is -2.30. The van der Waals surface area contributed by atoms with Crippen LogP contribution in [0.1, 0.15) is 33.6 Å². The Labute approximate surface area is 85.0 Å². The smallest absolute Gasteiger partial charge is 0.156 e. The molecule has 0 aliphatic carbocycles. The Morgan fingerprint density at radius 2 is 2.14 bits per heavy atom. The first kappa shape index (κ1) is 13.2. The third-order valence-electron chi connectivity index (χ3n) is 2.18. The topological polar surface area (TPSA) is 90.9 Å². The lowest BCUT2D eigenvalue weighted by atomic mass is 9.99. The molecule has 0 fully saturated rings. The van der Waals surface area contributed by atoms with Crippen LogP contribution in [0, 0.1) is 0 Å². The maximum atomic E-state index is 8.83. The molecular weight excluding hydrogens is 182 g/mol. The summed E-state index contributed by atoms with van der Waals surface area (Å²) >= 11 is 0. The van der Waals surface area contributed by atoms with E-state index in [2.05, 4.69) is 10.5 Å². The number of nitrogens with one attached hydrogen (secondary N) is 1. The second kappa shape index (κ2) is 5.82. The molecule has 0 saturated heterocycles. The van der Waals surface area contributed by atoms with Crippen molar-refractivity contribution in [1.82, 2.24) is 5.32 Å². The van der Waals surface area contributed by atoms with Crippen LogP contribution < -0.4 is 11.1 Å². The van der Waals surface area contributed by atoms with E-state index in [1.807, 2.05) is 20.8 Å². The summed E-state index contributed by atoms with van der Waals surface area (Å²) in [6.45, 7) is 6.00. The van der Waals surface area contributed by atoms with Crippen LogP contribution in [0.15, 0.2) is 5.16 Å². The van der Waals surface area contributed by atoms with Crippen molar-refractivity contribution in [2.75, 3.05) is 6.61 Å². The van der Waals surface area contributed by atoms with Gasteiger partial charge >= 0.3 is 0 Å². The standard InChI is InChI=1S/C9H21N3O2/c1-4-7(8(10)12-14)11-9(2,3)5-6-13/h7,11,13-14H,4-6H2,1-3H3,(H2,10,12). The number of aliphatic hydroxyl groups excluding tert-OH is 1. The molecule has 0 rings (SSSR count). The molecule has 0 aliphatic rings. The molecule has 0 heterocycles. The Bertz CT molecular complexity index is 192. The summed E-state index contributed by atoms with van der Waals surface area (Å²) in [5.41, 5.74) is 5.29. The van der Waals surface area contributed by atoms with Crippen molar-refractivity contribution in [3.05, 3.63) is 0 Å². The van der Waals surface area contributed by atoms with E-state index in [0.29, 0.717) is 6.42 Å². The van der Waals surface area contributed by atoms with Gasteiger partial charge in [-0.25, -0.2) is 0 Å². The van der Waals surface area contributed by atoms with Gasteiger partial charge in [0, 0.05) is 12.1 Å². The zero-order valence-electron chi connectivity index (χ0n) is 9.12. The highest BCUT2D eigenvalue weighted by molar-refractivity contribution is 5.85. The molecule has 0 amide bonds. The predicted octanol–water partition coefficient (Wildman–Crippen LogP) is 0.262. The molecule has 0 aromatic carbocycles. The zero-order valence-corrected chi connectivity index (χ0v) is 9.12. The predicted molar refractivity (Wildman–Crippen MR) is 56.4 cm³/mol. The van der Waals surface area contributed by atoms with E-state index in [-0.39, 0.29) is 24.0 Å². The Kier molecular flexibility index (Phi) is 5.49. The largest absolute Gasteiger partial charge is 0.409 e. The quantitative estimate of drug-likeness (QED) is 0.216. The Morgan fingerprint density at radius 1 is 1.57 bits per heavy atom. The SMILES string of the molecule is CCC(NC(C)(C)CCO)C(N)=NO. The van der Waals surface area contributed by atoms with E-state index < -0.39 is 0 Å². The normalized spacial score (nSPS) is 15.6. The van der Waals surface area contributed by atoms with E-state index in [9.17, 15) is 0 Å². The van der Waals surface area contributed by atoms with Crippen molar-refractivity contribution in [2.45, 2.75) is 45.2 Å². The van der Waals surface area contributed by atoms with Crippen LogP contribution >= 0.6 is 0 Å². The fraction of sp³-hybridized carbons (Fsp3) is 0.889. The molecule has 84 valence electrons. The van der Waals surface area contributed by atoms with Crippen LogP contribution in [0.5, 0.6) is 0 Å². The van der Waals surface area contributed by atoms with Crippen LogP contribution in [0.3, 0.4) is 0 Å². The van der Waals surface area contributed by atoms with E-state index in [1.54, 1.807) is 0 Å². The summed E-state index contributed by atoms with van der Waals surface area (Å²) < 4.78 is 0. The first-order valence-electron chi connectivity index (χ1n) is 4.82. The first-order valence-corrected chi connectivity index (χ1v) is 4.82. The number of hydrogen-bond acceptors (Lipinski definition) is 4. The number of rotatable bonds is 6. The van der Waals surface area contributed by atoms with Gasteiger partial charge in [0.2, 0.25) is 0 Å². The maximum Gasteiger partial charge on any atom is 0.156 e. The Morgan fingerprint density at radius 3 is 2.50 bits per heavy atom. The molecule has 5 nitrogen and oxygen atoms in total. The van der Waals surface area contributed by atoms with Crippen molar-refractivity contribution < 1.29 is 10.3 Å². The van der Waals surface area contributed by atoms with Gasteiger partial charge in [-0.2, -0.15) is 0 Å². The number of oxime groups is 1. The second-order valence-electron chi connectivity index (χ2n) is 3.99. The highest BCUT2D eigenvalue weighted by atomic mass is 16.4. The molecule has 5 N–H and O–H groups in total. The summed E-state index contributed by atoms with van der Waals surface area (Å²) in [5, 5.41) is 23.6. The van der Waals surface area contributed by atoms with E-state index in [4.69, 9.17) is 16.0 Å². The van der Waals surface area contributed by atoms with Crippen molar-refractivity contribution in [1.29, 1.82) is 0 Å². The molecule has 0 aliphatic heterocycles. The van der Waals surface area contributed by atoms with Crippen LogP contribution in [0.4, 0.5) is 0 Å². The summed E-state index contributed by atoms with van der Waals surface area (Å²) in [6, 6.07) is -0.151. The van der Waals surface area contributed by atoms with Gasteiger partial charge in [-0.3, -0.25) is 0 Å². The molecule has 14 heavy (non-hydrogen) atoms. The fourth-order valence-electron chi connectivity index (χ4n) is 1.28. The van der Waals surface area contributed by atoms with Crippen molar-refractivity contribution in [3.63, 3.8) is 0 Å². The summed E-state index contributed by atoms with van der Waals surface area (Å²) in [5.74, 6) is 0.179. The third kappa shape index (κ3) is 4.43. The van der Waals surface area contributed by atoms with Gasteiger partial charge < -0.3 is 21.4 Å². The van der Waals surface area contributed by atoms with Crippen molar-refractivity contribution >= 4 is 5.84 Å². The average Bonchev–Trinajstić information content (AvgIpc) is 2.13. The Balaban J connectivity index is 4.30. The minimum Gasteiger partial charge on any atom is -0.409 e. The van der Waals surface area contributed by atoms with Gasteiger partial charge in [-0.05, 0) is 26.7 Å². The molecule has 0 aromatic rings. The van der Waals surface area contributed by atoms with E-state index >= 15 is 0 Å². The molecule has 5 heteroatoms. The van der Waals surface area contributed by atoms with E-state index in [1.165, 1.54) is 0 Å². The molecular formula is C9H21N3O2. The van der Waals surface area contributed by atoms with Crippen LogP contribution in [0.25, 0.3) is 0 Å². The number of nitrogens with zero attached hydrogens (tertiary/aromatic N) is 1. The number of aliphatic hydroxyl groups is 1. The minimum absolute atomic E-state index is 0.118. The molecule has 0 aromatic heterocycles. The molecule has 1 unspecified atom stereocenters. The molecule has 0 bridgehead atoms. The van der Waals surface area contributed by atoms with Crippen molar-refractivity contribution in [3.8, 4) is 0 Å². The molecule has 1 atom stereocenters. The van der Waals surface area contributed by atoms with Crippen molar-refractivity contribution in [2.24, 2.45) is 10.9 Å². The first-order chi connectivity index (χ1) is 6.46. The van der Waals surface area contributed by atoms with Crippen LogP contribution in [-0.2, 0) is 0 Å². The zero-order chi connectivity index (χ0) is 11.2. The highest BCUT2D eigenvalue weighted by Crippen LogP contribution is 2.09. The number of amidine groups is 1. The Hall–Kier alpha value is -0.810. The number of hydrogen-bond donors (Lipinski definition) is 4. The molecule has 0 spiro atoms. The monoisotopic (exact) mass is 203 g/mol. The molecule has 0 saturated carbocycles. The van der Waals surface area contributed by atoms with Gasteiger partial charge in [-0.1, -0.05) is 12.1 Å². The second-order valence-corrected chi connectivity index (χ2v) is 3.99. The summed E-state index contributed by atoms with van der Waals surface area (Å²) in [4.78, 5) is 0. The lowest BCUT2D eigenvalue weighted by molar-refractivity contribution is 0.224. The minimum atomic E-state index is -0.218. The molecule has 0 radical (unpaired) electrons.